The molecule has 0 fully saturated rings. The molecule has 0 radical (unpaired) electrons. The third-order valence-corrected chi connectivity index (χ3v) is 2.35. The number of phenols is 2. The van der Waals surface area contributed by atoms with Gasteiger partial charge < -0.3 is 20.3 Å². The Hall–Kier alpha value is -1.91. The Morgan fingerprint density at radius 2 is 1.95 bits per heavy atom. The third-order valence-electron chi connectivity index (χ3n) is 2.35. The van der Waals surface area contributed by atoms with Crippen LogP contribution in [0.5, 0.6) is 11.5 Å². The van der Waals surface area contributed by atoms with Crippen LogP contribution in [0.3, 0.4) is 0 Å². The van der Waals surface area contributed by atoms with E-state index in [1.54, 1.807) is 6.07 Å². The van der Waals surface area contributed by atoms with Crippen LogP contribution in [0.4, 0.5) is 4.79 Å². The number of amides is 1. The van der Waals surface area contributed by atoms with Gasteiger partial charge in [0.15, 0.2) is 11.5 Å². The number of aryl methyl sites for hydroxylation is 1. The minimum absolute atomic E-state index is 0.127. The third kappa shape index (κ3) is 5.99. The van der Waals surface area contributed by atoms with E-state index in [1.807, 2.05) is 20.8 Å². The molecule has 5 nitrogen and oxygen atoms in total. The summed E-state index contributed by atoms with van der Waals surface area (Å²) in [6.45, 7) is 5.93. The number of phenolic OH excluding ortho intramolecular Hbond substituents is 2. The fourth-order valence-corrected chi connectivity index (χ4v) is 1.52. The van der Waals surface area contributed by atoms with Crippen LogP contribution in [0, 0.1) is 0 Å². The number of rotatable bonds is 4. The minimum Gasteiger partial charge on any atom is -0.504 e. The van der Waals surface area contributed by atoms with Crippen molar-refractivity contribution in [2.75, 3.05) is 6.54 Å². The van der Waals surface area contributed by atoms with E-state index in [4.69, 9.17) is 4.74 Å². The van der Waals surface area contributed by atoms with Crippen molar-refractivity contribution in [2.24, 2.45) is 0 Å². The quantitative estimate of drug-likeness (QED) is 0.578. The number of alkyl carbamates (subject to hydrolysis) is 1. The predicted octanol–water partition coefficient (Wildman–Crippen LogP) is 2.56. The normalized spacial score (nSPS) is 11.1. The summed E-state index contributed by atoms with van der Waals surface area (Å²) in [4.78, 5) is 11.4. The fourth-order valence-electron chi connectivity index (χ4n) is 1.52. The van der Waals surface area contributed by atoms with Gasteiger partial charge in [-0.05, 0) is 51.3 Å². The molecule has 0 heterocycles. The lowest BCUT2D eigenvalue weighted by atomic mass is 10.1. The average Bonchev–Trinajstić information content (AvgIpc) is 2.27. The van der Waals surface area contributed by atoms with Crippen molar-refractivity contribution < 1.29 is 19.7 Å². The molecule has 0 atom stereocenters. The zero-order valence-corrected chi connectivity index (χ0v) is 11.6. The first-order valence-electron chi connectivity index (χ1n) is 6.25. The number of benzene rings is 1. The predicted molar refractivity (Wildman–Crippen MR) is 72.3 cm³/mol. The molecule has 0 saturated carbocycles. The highest BCUT2D eigenvalue weighted by atomic mass is 16.6. The molecule has 1 aromatic carbocycles. The van der Waals surface area contributed by atoms with Crippen molar-refractivity contribution in [1.82, 2.24) is 5.32 Å². The Labute approximate surface area is 113 Å². The monoisotopic (exact) mass is 267 g/mol. The number of hydrogen-bond acceptors (Lipinski definition) is 4. The molecule has 1 amide bonds. The molecule has 0 bridgehead atoms. The van der Waals surface area contributed by atoms with Gasteiger partial charge in [-0.1, -0.05) is 6.07 Å². The molecule has 0 aromatic heterocycles. The first-order valence-corrected chi connectivity index (χ1v) is 6.25. The van der Waals surface area contributed by atoms with Crippen molar-refractivity contribution in [3.05, 3.63) is 23.8 Å². The second-order valence-corrected chi connectivity index (χ2v) is 5.36. The van der Waals surface area contributed by atoms with Crippen LogP contribution < -0.4 is 5.32 Å². The number of carbonyl (C=O) groups is 1. The molecule has 0 spiro atoms. The zero-order chi connectivity index (χ0) is 14.5. The van der Waals surface area contributed by atoms with Crippen LogP contribution in [-0.4, -0.2) is 28.5 Å². The van der Waals surface area contributed by atoms with E-state index in [0.717, 1.165) is 12.0 Å². The van der Waals surface area contributed by atoms with Crippen LogP contribution in [-0.2, 0) is 11.2 Å². The van der Waals surface area contributed by atoms with Crippen LogP contribution in [0.25, 0.3) is 0 Å². The van der Waals surface area contributed by atoms with Gasteiger partial charge in [-0.3, -0.25) is 0 Å². The standard InChI is InChI=1S/C14H21NO4/c1-14(2,3)19-13(18)15-8-4-5-10-6-7-11(16)12(17)9-10/h6-7,9,16-17H,4-5,8H2,1-3H3,(H,15,18). The summed E-state index contributed by atoms with van der Waals surface area (Å²) < 4.78 is 5.10. The van der Waals surface area contributed by atoms with Crippen molar-refractivity contribution >= 4 is 6.09 Å². The molecule has 0 aliphatic heterocycles. The molecule has 0 aliphatic rings. The second kappa shape index (κ2) is 6.31. The van der Waals surface area contributed by atoms with Gasteiger partial charge in [-0.25, -0.2) is 4.79 Å². The Morgan fingerprint density at radius 3 is 2.53 bits per heavy atom. The molecule has 1 aromatic rings. The molecule has 0 saturated heterocycles. The highest BCUT2D eigenvalue weighted by Crippen LogP contribution is 2.25. The smallest absolute Gasteiger partial charge is 0.407 e. The summed E-state index contributed by atoms with van der Waals surface area (Å²) in [6.07, 6.45) is 0.994. The molecule has 19 heavy (non-hydrogen) atoms. The van der Waals surface area contributed by atoms with E-state index in [-0.39, 0.29) is 11.5 Å². The summed E-state index contributed by atoms with van der Waals surface area (Å²) in [5.41, 5.74) is 0.411. The van der Waals surface area contributed by atoms with Crippen LogP contribution in [0.15, 0.2) is 18.2 Å². The Bertz CT molecular complexity index is 438. The molecule has 1 rings (SSSR count). The van der Waals surface area contributed by atoms with E-state index in [9.17, 15) is 15.0 Å². The topological polar surface area (TPSA) is 78.8 Å². The van der Waals surface area contributed by atoms with E-state index in [0.29, 0.717) is 13.0 Å². The van der Waals surface area contributed by atoms with E-state index in [2.05, 4.69) is 5.32 Å². The SMILES string of the molecule is CC(C)(C)OC(=O)NCCCc1ccc(O)c(O)c1. The van der Waals surface area contributed by atoms with Gasteiger partial charge in [0.25, 0.3) is 0 Å². The molecule has 106 valence electrons. The van der Waals surface area contributed by atoms with Crippen LogP contribution in [0.2, 0.25) is 0 Å². The van der Waals surface area contributed by atoms with Crippen molar-refractivity contribution in [1.29, 1.82) is 0 Å². The lowest BCUT2D eigenvalue weighted by molar-refractivity contribution is 0.0527. The van der Waals surface area contributed by atoms with Gasteiger partial charge in [0.05, 0.1) is 0 Å². The highest BCUT2D eigenvalue weighted by Gasteiger charge is 2.15. The van der Waals surface area contributed by atoms with Crippen molar-refractivity contribution in [3.8, 4) is 11.5 Å². The number of aromatic hydroxyl groups is 2. The highest BCUT2D eigenvalue weighted by molar-refractivity contribution is 5.67. The number of hydrogen-bond donors (Lipinski definition) is 3. The van der Waals surface area contributed by atoms with Gasteiger partial charge in [0.1, 0.15) is 5.60 Å². The largest absolute Gasteiger partial charge is 0.504 e. The maximum Gasteiger partial charge on any atom is 0.407 e. The fraction of sp³-hybridized carbons (Fsp3) is 0.500. The minimum atomic E-state index is -0.493. The number of carbonyl (C=O) groups excluding carboxylic acids is 1. The van der Waals surface area contributed by atoms with Crippen LogP contribution in [0.1, 0.15) is 32.8 Å². The first kappa shape index (κ1) is 15.1. The summed E-state index contributed by atoms with van der Waals surface area (Å²) in [5, 5.41) is 21.2. The van der Waals surface area contributed by atoms with Gasteiger partial charge in [-0.2, -0.15) is 0 Å². The van der Waals surface area contributed by atoms with Crippen LogP contribution >= 0.6 is 0 Å². The molecule has 0 unspecified atom stereocenters. The average molecular weight is 267 g/mol. The van der Waals surface area contributed by atoms with Gasteiger partial charge in [0, 0.05) is 6.54 Å². The zero-order valence-electron chi connectivity index (χ0n) is 11.6. The molecular weight excluding hydrogens is 246 g/mol. The maximum atomic E-state index is 11.4. The lowest BCUT2D eigenvalue weighted by Gasteiger charge is -2.19. The van der Waals surface area contributed by atoms with E-state index >= 15 is 0 Å². The number of ether oxygens (including phenoxy) is 1. The molecule has 0 aliphatic carbocycles. The van der Waals surface area contributed by atoms with Gasteiger partial charge in [-0.15, -0.1) is 0 Å². The summed E-state index contributed by atoms with van der Waals surface area (Å²) in [6, 6.07) is 4.71. The van der Waals surface area contributed by atoms with Crippen molar-refractivity contribution in [3.63, 3.8) is 0 Å². The summed E-state index contributed by atoms with van der Waals surface area (Å²) in [5.74, 6) is -0.256. The number of nitrogens with one attached hydrogen (secondary N) is 1. The summed E-state index contributed by atoms with van der Waals surface area (Å²) >= 11 is 0. The van der Waals surface area contributed by atoms with E-state index in [1.165, 1.54) is 12.1 Å². The maximum absolute atomic E-state index is 11.4. The molecule has 3 N–H and O–H groups in total. The Balaban J connectivity index is 2.27. The van der Waals surface area contributed by atoms with Gasteiger partial charge >= 0.3 is 6.09 Å². The molecule has 5 heteroatoms. The van der Waals surface area contributed by atoms with E-state index < -0.39 is 11.7 Å². The second-order valence-electron chi connectivity index (χ2n) is 5.36. The first-order chi connectivity index (χ1) is 8.78. The van der Waals surface area contributed by atoms with Gasteiger partial charge in [0.2, 0.25) is 0 Å². The Kier molecular flexibility index (Phi) is 5.03. The molecular formula is C14H21NO4. The van der Waals surface area contributed by atoms with Crippen molar-refractivity contribution in [2.45, 2.75) is 39.2 Å². The Morgan fingerprint density at radius 1 is 1.26 bits per heavy atom. The lowest BCUT2D eigenvalue weighted by Crippen LogP contribution is -2.33. The summed E-state index contributed by atoms with van der Waals surface area (Å²) in [7, 11) is 0.